The smallest absolute Gasteiger partial charge is 0.0786 e. The predicted octanol–water partition coefficient (Wildman–Crippen LogP) is 3.60. The highest BCUT2D eigenvalue weighted by Crippen LogP contribution is 2.17. The van der Waals surface area contributed by atoms with Crippen LogP contribution < -0.4 is 12.4 Å². The third-order valence-corrected chi connectivity index (χ3v) is 5.39. The number of unbranched alkanes of at least 4 members (excludes halogenated alkanes) is 2. The van der Waals surface area contributed by atoms with Crippen molar-refractivity contribution in [3.05, 3.63) is 0 Å². The van der Waals surface area contributed by atoms with Crippen molar-refractivity contribution in [3.8, 4) is 0 Å². The molecule has 2 rings (SSSR count). The van der Waals surface area contributed by atoms with Gasteiger partial charge in [0, 0.05) is 25.7 Å². The summed E-state index contributed by atoms with van der Waals surface area (Å²) in [5.74, 6) is 0. The van der Waals surface area contributed by atoms with E-state index in [0.717, 1.165) is 0 Å². The molecule has 2 nitrogen and oxygen atoms in total. The molecule has 0 spiro atoms. The van der Waals surface area contributed by atoms with Crippen LogP contribution in [0.2, 0.25) is 0 Å². The van der Waals surface area contributed by atoms with Crippen LogP contribution in [-0.4, -0.2) is 62.3 Å². The van der Waals surface area contributed by atoms with Crippen molar-refractivity contribution < 1.29 is 21.4 Å². The molecule has 0 unspecified atom stereocenters. The fourth-order valence-electron chi connectivity index (χ4n) is 3.72. The van der Waals surface area contributed by atoms with E-state index in [1.807, 2.05) is 0 Å². The Balaban J connectivity index is -0.0000000889. The Morgan fingerprint density at radius 1 is 0.560 bits per heavy atom. The molecule has 2 heterocycles. The molecule has 3 heteroatoms. The summed E-state index contributed by atoms with van der Waals surface area (Å²) in [6.07, 6.45) is 11.4. The Labute approximate surface area is 170 Å². The van der Waals surface area contributed by atoms with Gasteiger partial charge in [-0.15, -0.1) is 0 Å². The van der Waals surface area contributed by atoms with E-state index in [9.17, 15) is 0 Å². The fraction of sp³-hybridized carbons (Fsp3) is 1.00. The van der Waals surface area contributed by atoms with Gasteiger partial charge in [-0.3, -0.25) is 0 Å². The first-order chi connectivity index (χ1) is 9.54. The second-order valence-electron chi connectivity index (χ2n) is 7.70. The van der Waals surface area contributed by atoms with Crippen LogP contribution in [0.15, 0.2) is 0 Å². The molecule has 2 aliphatic heterocycles. The highest BCUT2D eigenvalue weighted by molar-refractivity contribution is 4.52. The summed E-state index contributed by atoms with van der Waals surface area (Å²) in [6.45, 7) is 13.1. The Bertz CT molecular complexity index is 218. The Kier molecular flexibility index (Phi) is 27.5. The molecule has 0 aromatic rings. The van der Waals surface area contributed by atoms with E-state index in [2.05, 4.69) is 27.9 Å². The summed E-state index contributed by atoms with van der Waals surface area (Å²) >= 11 is 0. The predicted molar refractivity (Wildman–Crippen MR) is 117 cm³/mol. The molecule has 0 radical (unpaired) electrons. The molecule has 0 atom stereocenters. The summed E-state index contributed by atoms with van der Waals surface area (Å²) in [4.78, 5) is 0. The summed E-state index contributed by atoms with van der Waals surface area (Å²) in [5.41, 5.74) is 0. The van der Waals surface area contributed by atoms with Crippen LogP contribution in [0.25, 0.3) is 0 Å². The minimum atomic E-state index is 0. The molecule has 160 valence electrons. The van der Waals surface area contributed by atoms with Gasteiger partial charge in [0.25, 0.3) is 0 Å². The lowest BCUT2D eigenvalue weighted by Gasteiger charge is -2.28. The van der Waals surface area contributed by atoms with Gasteiger partial charge >= 0.3 is 0 Å². The summed E-state index contributed by atoms with van der Waals surface area (Å²) < 4.78 is 2.71. The first kappa shape index (κ1) is 36.2. The maximum absolute atomic E-state index is 2.41. The van der Waals surface area contributed by atoms with Gasteiger partial charge in [-0.1, -0.05) is 56.4 Å². The fourth-order valence-corrected chi connectivity index (χ4v) is 3.72. The van der Waals surface area contributed by atoms with Gasteiger partial charge in [-0.2, -0.15) is 0 Å². The highest BCUT2D eigenvalue weighted by atomic mass is 35.5. The largest absolute Gasteiger partial charge is 1.00 e. The molecular weight excluding hydrogens is 328 g/mol. The van der Waals surface area contributed by atoms with Gasteiger partial charge in [0.2, 0.25) is 0 Å². The quantitative estimate of drug-likeness (QED) is 0.614. The van der Waals surface area contributed by atoms with Crippen LogP contribution in [-0.2, 0) is 0 Å². The van der Waals surface area contributed by atoms with E-state index < -0.39 is 0 Å². The lowest BCUT2D eigenvalue weighted by atomic mass is 10.3. The monoisotopic (exact) mass is 383 g/mol. The van der Waals surface area contributed by atoms with Crippen LogP contribution in [0.3, 0.4) is 0 Å². The van der Waals surface area contributed by atoms with Crippen molar-refractivity contribution in [2.45, 2.75) is 94.9 Å². The van der Waals surface area contributed by atoms with Gasteiger partial charge < -0.3 is 21.4 Å². The van der Waals surface area contributed by atoms with Gasteiger partial charge in [0.05, 0.1) is 53.4 Å². The topological polar surface area (TPSA) is 0 Å². The van der Waals surface area contributed by atoms with Crippen molar-refractivity contribution in [1.29, 1.82) is 0 Å². The van der Waals surface area contributed by atoms with Crippen molar-refractivity contribution in [2.24, 2.45) is 0 Å². The second-order valence-corrected chi connectivity index (χ2v) is 7.70. The zero-order chi connectivity index (χ0) is 14.9. The molecule has 0 aliphatic carbocycles. The van der Waals surface area contributed by atoms with E-state index >= 15 is 0 Å². The number of likely N-dealkylation sites (tertiary alicyclic amines) is 2. The molecule has 2 fully saturated rings. The Morgan fingerprint density at radius 3 is 1.00 bits per heavy atom. The number of hydrogen-bond donors (Lipinski definition) is 0. The number of quaternary nitrogens is 2. The number of nitrogens with zero attached hydrogens (tertiary/aromatic N) is 2. The summed E-state index contributed by atoms with van der Waals surface area (Å²) in [5, 5.41) is 0. The molecule has 0 saturated carbocycles. The van der Waals surface area contributed by atoms with Gasteiger partial charge in [0.1, 0.15) is 0 Å². The lowest BCUT2D eigenvalue weighted by molar-refractivity contribution is -0.897. The SMILES string of the molecule is C.C.C.C.CCCC[N+]1(C)CCCC1.CCCC[N+]1(C)CCCC1.[Cl-]. The van der Waals surface area contributed by atoms with E-state index in [-0.39, 0.29) is 42.1 Å². The molecule has 0 N–H and O–H groups in total. The van der Waals surface area contributed by atoms with Crippen LogP contribution in [0.5, 0.6) is 0 Å². The minimum Gasteiger partial charge on any atom is -1.00 e. The number of rotatable bonds is 6. The van der Waals surface area contributed by atoms with Crippen molar-refractivity contribution in [2.75, 3.05) is 53.4 Å². The van der Waals surface area contributed by atoms with Crippen LogP contribution in [0.4, 0.5) is 0 Å². The van der Waals surface area contributed by atoms with E-state index in [1.54, 1.807) is 0 Å². The van der Waals surface area contributed by atoms with E-state index in [4.69, 9.17) is 0 Å². The van der Waals surface area contributed by atoms with Gasteiger partial charge in [-0.25, -0.2) is 0 Å². The zero-order valence-electron chi connectivity index (χ0n) is 15.2. The molecule has 25 heavy (non-hydrogen) atoms. The molecule has 0 aromatic heterocycles. The first-order valence-corrected chi connectivity index (χ1v) is 9.21. The maximum Gasteiger partial charge on any atom is 0.0786 e. The molecular formula is C22H56ClN2+. The lowest BCUT2D eigenvalue weighted by Crippen LogP contribution is -3.00. The van der Waals surface area contributed by atoms with Crippen molar-refractivity contribution >= 4 is 0 Å². The molecule has 0 amide bonds. The van der Waals surface area contributed by atoms with E-state index in [0.29, 0.717) is 0 Å². The minimum absolute atomic E-state index is 0. The number of halogens is 1. The third-order valence-electron chi connectivity index (χ3n) is 5.39. The van der Waals surface area contributed by atoms with Crippen molar-refractivity contribution in [1.82, 2.24) is 0 Å². The average Bonchev–Trinajstić information content (AvgIpc) is 3.05. The summed E-state index contributed by atoms with van der Waals surface area (Å²) in [7, 11) is 4.81. The number of hydrogen-bond acceptors (Lipinski definition) is 0. The Morgan fingerprint density at radius 2 is 0.800 bits per heavy atom. The standard InChI is InChI=1S/2C9H20N.4CH4.ClH/c2*1-3-4-7-10(2)8-5-6-9-10;;;;;/h2*3-9H2,1-2H3;4*1H4;1H/q2*+1;;;;;/p-1. The first-order valence-electron chi connectivity index (χ1n) is 9.21. The maximum atomic E-state index is 2.41. The van der Waals surface area contributed by atoms with Crippen LogP contribution in [0, 0.1) is 0 Å². The van der Waals surface area contributed by atoms with Crippen molar-refractivity contribution in [3.63, 3.8) is 0 Å². The Hall–Kier alpha value is 0.210. The zero-order valence-corrected chi connectivity index (χ0v) is 15.9. The van der Waals surface area contributed by atoms with Gasteiger partial charge in [0.15, 0.2) is 0 Å². The van der Waals surface area contributed by atoms with E-state index in [1.165, 1.54) is 99.6 Å². The highest BCUT2D eigenvalue weighted by Gasteiger charge is 2.25. The van der Waals surface area contributed by atoms with Gasteiger partial charge in [-0.05, 0) is 12.8 Å². The second kappa shape index (κ2) is 19.0. The average molecular weight is 384 g/mol. The van der Waals surface area contributed by atoms with Crippen LogP contribution >= 0.6 is 0 Å². The molecule has 0 aromatic carbocycles. The summed E-state index contributed by atoms with van der Waals surface area (Å²) in [6, 6.07) is 0. The molecule has 2 saturated heterocycles. The normalized spacial score (nSPS) is 18.7. The third kappa shape index (κ3) is 15.0. The van der Waals surface area contributed by atoms with Crippen LogP contribution in [0.1, 0.15) is 94.9 Å². The molecule has 0 bridgehead atoms. The molecule has 2 aliphatic rings.